The Kier molecular flexibility index (Phi) is 6.58. The number of nitrogens with one attached hydrogen (secondary N) is 1. The predicted octanol–water partition coefficient (Wildman–Crippen LogP) is 1.78. The van der Waals surface area contributed by atoms with Gasteiger partial charge in [-0.25, -0.2) is 4.79 Å². The standard InChI is InChI=1S/C18H24N6O2S/c1-18(2,3)26-17(25)24-8-6-23(7-9-24)15-5-4-13(10-14(15)11-19)12-21-22-16(20)27/h4-5,10,12H,6-9H2,1-3H3,(H3,20,22,27). The number of benzene rings is 1. The lowest BCUT2D eigenvalue weighted by Crippen LogP contribution is -2.50. The highest BCUT2D eigenvalue weighted by molar-refractivity contribution is 7.80. The number of carbonyl (C=O) groups is 1. The van der Waals surface area contributed by atoms with Crippen LogP contribution in [0.15, 0.2) is 23.3 Å². The minimum absolute atomic E-state index is 0.0752. The monoisotopic (exact) mass is 388 g/mol. The molecule has 0 aromatic heterocycles. The third-order valence-corrected chi connectivity index (χ3v) is 3.89. The number of nitrogens with zero attached hydrogens (tertiary/aromatic N) is 4. The minimum Gasteiger partial charge on any atom is -0.444 e. The smallest absolute Gasteiger partial charge is 0.410 e. The lowest BCUT2D eigenvalue weighted by molar-refractivity contribution is 0.0240. The topological polar surface area (TPSA) is 107 Å². The van der Waals surface area contributed by atoms with Gasteiger partial charge in [0.15, 0.2) is 5.11 Å². The predicted molar refractivity (Wildman–Crippen MR) is 109 cm³/mol. The third kappa shape index (κ3) is 6.11. The number of hydrogen-bond acceptors (Lipinski definition) is 6. The molecule has 0 spiro atoms. The van der Waals surface area contributed by atoms with E-state index in [4.69, 9.17) is 10.5 Å². The van der Waals surface area contributed by atoms with Crippen molar-refractivity contribution in [2.45, 2.75) is 26.4 Å². The summed E-state index contributed by atoms with van der Waals surface area (Å²) in [5.41, 5.74) is 9.41. The van der Waals surface area contributed by atoms with Crippen LogP contribution < -0.4 is 16.1 Å². The first-order chi connectivity index (χ1) is 12.7. The zero-order valence-electron chi connectivity index (χ0n) is 15.7. The van der Waals surface area contributed by atoms with Crippen molar-refractivity contribution >= 4 is 35.3 Å². The maximum absolute atomic E-state index is 12.2. The molecule has 144 valence electrons. The van der Waals surface area contributed by atoms with Gasteiger partial charge in [0, 0.05) is 26.2 Å². The second-order valence-electron chi connectivity index (χ2n) is 7.08. The molecule has 2 rings (SSSR count). The van der Waals surface area contributed by atoms with Gasteiger partial charge in [-0.2, -0.15) is 10.4 Å². The molecule has 0 aliphatic carbocycles. The van der Waals surface area contributed by atoms with E-state index in [9.17, 15) is 10.1 Å². The number of thiocarbonyl (C=S) groups is 1. The van der Waals surface area contributed by atoms with Gasteiger partial charge in [-0.05, 0) is 50.7 Å². The van der Waals surface area contributed by atoms with Crippen LogP contribution in [-0.2, 0) is 4.74 Å². The van der Waals surface area contributed by atoms with Crippen LogP contribution in [0.5, 0.6) is 0 Å². The van der Waals surface area contributed by atoms with Crippen LogP contribution in [0.1, 0.15) is 31.9 Å². The van der Waals surface area contributed by atoms with Crippen LogP contribution in [0.4, 0.5) is 10.5 Å². The van der Waals surface area contributed by atoms with Crippen LogP contribution in [0.2, 0.25) is 0 Å². The molecule has 1 aromatic rings. The van der Waals surface area contributed by atoms with Crippen LogP contribution in [0, 0.1) is 11.3 Å². The van der Waals surface area contributed by atoms with Crippen LogP contribution in [-0.4, -0.2) is 54.1 Å². The van der Waals surface area contributed by atoms with Crippen molar-refractivity contribution in [2.75, 3.05) is 31.1 Å². The number of nitrogens with two attached hydrogens (primary N) is 1. The highest BCUT2D eigenvalue weighted by atomic mass is 32.1. The molecule has 1 heterocycles. The van der Waals surface area contributed by atoms with E-state index in [1.807, 2.05) is 32.9 Å². The van der Waals surface area contributed by atoms with E-state index in [2.05, 4.69) is 33.7 Å². The Bertz CT molecular complexity index is 773. The Labute approximate surface area is 164 Å². The molecular formula is C18H24N6O2S. The van der Waals surface area contributed by atoms with E-state index >= 15 is 0 Å². The molecule has 1 amide bonds. The van der Waals surface area contributed by atoms with Gasteiger partial charge < -0.3 is 20.3 Å². The van der Waals surface area contributed by atoms with Crippen molar-refractivity contribution in [3.8, 4) is 6.07 Å². The first kappa shape index (κ1) is 20.5. The summed E-state index contributed by atoms with van der Waals surface area (Å²) in [4.78, 5) is 15.9. The average molecular weight is 388 g/mol. The molecule has 0 saturated carbocycles. The molecule has 1 aliphatic heterocycles. The van der Waals surface area contributed by atoms with Crippen LogP contribution in [0.3, 0.4) is 0 Å². The lowest BCUT2D eigenvalue weighted by Gasteiger charge is -2.37. The number of piperazine rings is 1. The molecule has 0 radical (unpaired) electrons. The molecule has 3 N–H and O–H groups in total. The SMILES string of the molecule is CC(C)(C)OC(=O)N1CCN(c2ccc(C=NNC(N)=S)cc2C#N)CC1. The second-order valence-corrected chi connectivity index (χ2v) is 7.52. The van der Waals surface area contributed by atoms with E-state index in [0.717, 1.165) is 11.3 Å². The summed E-state index contributed by atoms with van der Waals surface area (Å²) in [6.07, 6.45) is 1.24. The summed E-state index contributed by atoms with van der Waals surface area (Å²) in [5, 5.41) is 13.5. The Morgan fingerprint density at radius 1 is 1.37 bits per heavy atom. The fraction of sp³-hybridized carbons (Fsp3) is 0.444. The number of amides is 1. The van der Waals surface area contributed by atoms with Crippen molar-refractivity contribution in [1.82, 2.24) is 10.3 Å². The van der Waals surface area contributed by atoms with Crippen LogP contribution >= 0.6 is 12.2 Å². The number of rotatable bonds is 3. The number of hydrazone groups is 1. The summed E-state index contributed by atoms with van der Waals surface area (Å²) in [6.45, 7) is 7.89. The maximum Gasteiger partial charge on any atom is 0.410 e. The van der Waals surface area contributed by atoms with E-state index in [0.29, 0.717) is 31.7 Å². The zero-order chi connectivity index (χ0) is 20.0. The Morgan fingerprint density at radius 2 is 2.04 bits per heavy atom. The summed E-state index contributed by atoms with van der Waals surface area (Å²) < 4.78 is 5.41. The molecule has 1 saturated heterocycles. The first-order valence-corrected chi connectivity index (χ1v) is 8.96. The zero-order valence-corrected chi connectivity index (χ0v) is 16.5. The summed E-state index contributed by atoms with van der Waals surface area (Å²) in [7, 11) is 0. The normalized spacial score (nSPS) is 14.7. The minimum atomic E-state index is -0.512. The summed E-state index contributed by atoms with van der Waals surface area (Å²) in [6, 6.07) is 7.71. The number of nitriles is 1. The van der Waals surface area contributed by atoms with Gasteiger partial charge in [0.25, 0.3) is 0 Å². The van der Waals surface area contributed by atoms with E-state index in [1.54, 1.807) is 17.2 Å². The fourth-order valence-electron chi connectivity index (χ4n) is 2.63. The largest absolute Gasteiger partial charge is 0.444 e. The molecule has 1 aliphatic rings. The molecule has 1 fully saturated rings. The Morgan fingerprint density at radius 3 is 2.59 bits per heavy atom. The number of hydrogen-bond donors (Lipinski definition) is 2. The van der Waals surface area contributed by atoms with Gasteiger partial charge in [-0.15, -0.1) is 0 Å². The second kappa shape index (κ2) is 8.68. The average Bonchev–Trinajstić information content (AvgIpc) is 2.60. The lowest BCUT2D eigenvalue weighted by atomic mass is 10.1. The van der Waals surface area contributed by atoms with Crippen molar-refractivity contribution in [3.05, 3.63) is 29.3 Å². The fourth-order valence-corrected chi connectivity index (χ4v) is 2.68. The number of ether oxygens (including phenoxy) is 1. The molecule has 0 unspecified atom stereocenters. The molecule has 0 atom stereocenters. The first-order valence-electron chi connectivity index (χ1n) is 8.55. The maximum atomic E-state index is 12.2. The van der Waals surface area contributed by atoms with E-state index in [1.165, 1.54) is 0 Å². The van der Waals surface area contributed by atoms with Crippen molar-refractivity contribution in [2.24, 2.45) is 10.8 Å². The van der Waals surface area contributed by atoms with E-state index in [-0.39, 0.29) is 11.2 Å². The van der Waals surface area contributed by atoms with Crippen LogP contribution in [0.25, 0.3) is 0 Å². The molecule has 1 aromatic carbocycles. The number of carbonyl (C=O) groups excluding carboxylic acids is 1. The summed E-state index contributed by atoms with van der Waals surface area (Å²) in [5.74, 6) is 0. The summed E-state index contributed by atoms with van der Waals surface area (Å²) >= 11 is 4.68. The van der Waals surface area contributed by atoms with Gasteiger partial charge in [-0.3, -0.25) is 5.43 Å². The van der Waals surface area contributed by atoms with Crippen molar-refractivity contribution in [3.63, 3.8) is 0 Å². The number of anilines is 1. The molecular weight excluding hydrogens is 364 g/mol. The van der Waals surface area contributed by atoms with Gasteiger partial charge >= 0.3 is 6.09 Å². The van der Waals surface area contributed by atoms with Gasteiger partial charge in [0.05, 0.1) is 17.5 Å². The quantitative estimate of drug-likeness (QED) is 0.462. The molecule has 27 heavy (non-hydrogen) atoms. The molecule has 9 heteroatoms. The van der Waals surface area contributed by atoms with Crippen molar-refractivity contribution < 1.29 is 9.53 Å². The Balaban J connectivity index is 2.03. The van der Waals surface area contributed by atoms with E-state index < -0.39 is 5.60 Å². The Hall–Kier alpha value is -2.86. The highest BCUT2D eigenvalue weighted by Gasteiger charge is 2.26. The van der Waals surface area contributed by atoms with Crippen molar-refractivity contribution in [1.29, 1.82) is 5.26 Å². The molecule has 0 bridgehead atoms. The highest BCUT2D eigenvalue weighted by Crippen LogP contribution is 2.23. The van der Waals surface area contributed by atoms with Gasteiger partial charge in [-0.1, -0.05) is 6.07 Å². The van der Waals surface area contributed by atoms with Gasteiger partial charge in [0.1, 0.15) is 11.7 Å². The van der Waals surface area contributed by atoms with Gasteiger partial charge in [0.2, 0.25) is 0 Å². The molecule has 8 nitrogen and oxygen atoms in total. The third-order valence-electron chi connectivity index (χ3n) is 3.80.